The number of rotatable bonds is 10. The van der Waals surface area contributed by atoms with E-state index in [9.17, 15) is 0 Å². The second kappa shape index (κ2) is 13.5. The largest absolute Gasteiger partial charge is 0.356 e. The van der Waals surface area contributed by atoms with Gasteiger partial charge < -0.3 is 21.3 Å². The maximum Gasteiger partial charge on any atom is 0.224 e. The molecule has 2 aromatic rings. The van der Waals surface area contributed by atoms with Crippen LogP contribution in [0.4, 0.5) is 11.9 Å². The Morgan fingerprint density at radius 3 is 2.39 bits per heavy atom. The Morgan fingerprint density at radius 2 is 1.73 bits per heavy atom. The average Bonchev–Trinajstić information content (AvgIpc) is 3.42. The average molecular weight is 502 g/mol. The van der Waals surface area contributed by atoms with Crippen molar-refractivity contribution in [3.05, 3.63) is 6.20 Å². The molecule has 2 aliphatic carbocycles. The molecular formula is C23H42Cl2N8. The minimum Gasteiger partial charge on any atom is -0.356 e. The highest BCUT2D eigenvalue weighted by molar-refractivity contribution is 5.85. The highest BCUT2D eigenvalue weighted by Crippen LogP contribution is 2.35. The highest BCUT2D eigenvalue weighted by atomic mass is 35.5. The second-order valence-corrected chi connectivity index (χ2v) is 9.21. The Labute approximate surface area is 210 Å². The number of nitrogens with two attached hydrogens (primary N) is 1. The lowest BCUT2D eigenvalue weighted by atomic mass is 9.92. The molecule has 0 saturated heterocycles. The fourth-order valence-electron chi connectivity index (χ4n) is 5.08. The van der Waals surface area contributed by atoms with Gasteiger partial charge in [0, 0.05) is 24.7 Å². The number of halogens is 2. The zero-order valence-corrected chi connectivity index (χ0v) is 21.8. The summed E-state index contributed by atoms with van der Waals surface area (Å²) in [5, 5.41) is 7.17. The van der Waals surface area contributed by atoms with Crippen LogP contribution >= 0.6 is 24.8 Å². The minimum atomic E-state index is 0. The summed E-state index contributed by atoms with van der Waals surface area (Å²) < 4.78 is 2.35. The molecule has 0 amide bonds. The van der Waals surface area contributed by atoms with Gasteiger partial charge in [-0.1, -0.05) is 26.7 Å². The van der Waals surface area contributed by atoms with Gasteiger partial charge in [0.1, 0.15) is 5.52 Å². The van der Waals surface area contributed by atoms with Gasteiger partial charge in [0.05, 0.1) is 6.20 Å². The summed E-state index contributed by atoms with van der Waals surface area (Å²) in [5.74, 6) is 1.68. The first-order valence-electron chi connectivity index (χ1n) is 12.4. The van der Waals surface area contributed by atoms with Gasteiger partial charge in [-0.2, -0.15) is 4.98 Å². The number of aromatic nitrogens is 4. The molecule has 0 aliphatic heterocycles. The normalized spacial score (nSPS) is 21.1. The van der Waals surface area contributed by atoms with Crippen molar-refractivity contribution in [3.63, 3.8) is 0 Å². The summed E-state index contributed by atoms with van der Waals surface area (Å²) in [6, 6.07) is 1.24. The summed E-state index contributed by atoms with van der Waals surface area (Å²) in [4.78, 5) is 16.9. The molecule has 0 spiro atoms. The molecule has 4 N–H and O–H groups in total. The van der Waals surface area contributed by atoms with E-state index in [0.717, 1.165) is 81.3 Å². The van der Waals surface area contributed by atoms with Crippen LogP contribution in [0.3, 0.4) is 0 Å². The van der Waals surface area contributed by atoms with Gasteiger partial charge in [0.2, 0.25) is 11.9 Å². The van der Waals surface area contributed by atoms with E-state index in [1.807, 2.05) is 6.20 Å². The predicted molar refractivity (Wildman–Crippen MR) is 142 cm³/mol. The predicted octanol–water partition coefficient (Wildman–Crippen LogP) is 4.61. The van der Waals surface area contributed by atoms with Crippen molar-refractivity contribution < 1.29 is 0 Å². The monoisotopic (exact) mass is 500 g/mol. The third-order valence-electron chi connectivity index (χ3n) is 7.06. The molecule has 10 heteroatoms. The van der Waals surface area contributed by atoms with Gasteiger partial charge >= 0.3 is 0 Å². The van der Waals surface area contributed by atoms with Gasteiger partial charge in [-0.3, -0.25) is 4.57 Å². The Bertz CT molecular complexity index is 827. The number of nitrogens with zero attached hydrogens (tertiary/aromatic N) is 5. The van der Waals surface area contributed by atoms with Gasteiger partial charge in [0.15, 0.2) is 5.65 Å². The number of imidazole rings is 1. The molecule has 4 rings (SSSR count). The third kappa shape index (κ3) is 7.07. The van der Waals surface area contributed by atoms with Crippen LogP contribution in [0.15, 0.2) is 6.20 Å². The fourth-order valence-corrected chi connectivity index (χ4v) is 5.08. The molecule has 0 atom stereocenters. The van der Waals surface area contributed by atoms with Crippen LogP contribution in [0, 0.1) is 0 Å². The van der Waals surface area contributed by atoms with Crippen molar-refractivity contribution in [2.45, 2.75) is 89.8 Å². The van der Waals surface area contributed by atoms with Crippen molar-refractivity contribution in [2.24, 2.45) is 5.73 Å². The summed E-state index contributed by atoms with van der Waals surface area (Å²) >= 11 is 0. The van der Waals surface area contributed by atoms with Crippen LogP contribution in [0.25, 0.3) is 11.2 Å². The molecule has 0 aromatic carbocycles. The number of nitrogens with one attached hydrogen (secondary N) is 2. The Kier molecular flexibility index (Phi) is 11.4. The molecule has 2 aromatic heterocycles. The van der Waals surface area contributed by atoms with Gasteiger partial charge in [-0.05, 0) is 64.6 Å². The lowest BCUT2D eigenvalue weighted by molar-refractivity contribution is 0.303. The number of hydrogen-bond donors (Lipinski definition) is 3. The standard InChI is InChI=1S/C23H40N8.2ClH/c1-3-30(4-2)15-7-14-25-23-28-20-16-26-22(27-18-12-10-17(24)11-13-18)29-21(20)31(23)19-8-5-6-9-19;;/h16-19H,3-15,24H2,1-2H3,(H,25,28)(H,26,27,29);2*1H. The first kappa shape index (κ1) is 27.9. The number of fused-ring (bicyclic) bond motifs is 1. The smallest absolute Gasteiger partial charge is 0.224 e. The molecular weight excluding hydrogens is 459 g/mol. The van der Waals surface area contributed by atoms with Crippen molar-refractivity contribution >= 4 is 47.9 Å². The van der Waals surface area contributed by atoms with E-state index in [1.54, 1.807) is 0 Å². The molecule has 2 aliphatic rings. The van der Waals surface area contributed by atoms with Crippen LogP contribution in [0.5, 0.6) is 0 Å². The van der Waals surface area contributed by atoms with Gasteiger partial charge in [-0.15, -0.1) is 24.8 Å². The summed E-state index contributed by atoms with van der Waals surface area (Å²) in [7, 11) is 0. The fraction of sp³-hybridized carbons (Fsp3) is 0.783. The topological polar surface area (TPSA) is 96.9 Å². The van der Waals surface area contributed by atoms with Gasteiger partial charge in [0.25, 0.3) is 0 Å². The SMILES string of the molecule is CCN(CC)CCCNc1nc2cnc(NC3CCC(N)CC3)nc2n1C1CCCC1.Cl.Cl. The van der Waals surface area contributed by atoms with Crippen LogP contribution in [0.2, 0.25) is 0 Å². The van der Waals surface area contributed by atoms with E-state index in [0.29, 0.717) is 18.1 Å². The highest BCUT2D eigenvalue weighted by Gasteiger charge is 2.25. The van der Waals surface area contributed by atoms with E-state index in [2.05, 4.69) is 38.9 Å². The second-order valence-electron chi connectivity index (χ2n) is 9.21. The van der Waals surface area contributed by atoms with Crippen molar-refractivity contribution in [1.29, 1.82) is 0 Å². The van der Waals surface area contributed by atoms with Crippen molar-refractivity contribution in [3.8, 4) is 0 Å². The van der Waals surface area contributed by atoms with E-state index in [-0.39, 0.29) is 24.8 Å². The van der Waals surface area contributed by atoms with Crippen molar-refractivity contribution in [1.82, 2.24) is 24.4 Å². The van der Waals surface area contributed by atoms with Crippen molar-refractivity contribution in [2.75, 3.05) is 36.8 Å². The third-order valence-corrected chi connectivity index (χ3v) is 7.06. The molecule has 2 saturated carbocycles. The molecule has 8 nitrogen and oxygen atoms in total. The molecule has 188 valence electrons. The molecule has 0 unspecified atom stereocenters. The van der Waals surface area contributed by atoms with Gasteiger partial charge in [-0.25, -0.2) is 9.97 Å². The quantitative estimate of drug-likeness (QED) is 0.409. The maximum absolute atomic E-state index is 6.06. The zero-order valence-electron chi connectivity index (χ0n) is 20.1. The van der Waals surface area contributed by atoms with Crippen LogP contribution in [0.1, 0.15) is 77.7 Å². The van der Waals surface area contributed by atoms with E-state index < -0.39 is 0 Å². The minimum absolute atomic E-state index is 0. The van der Waals surface area contributed by atoms with Crippen LogP contribution < -0.4 is 16.4 Å². The van der Waals surface area contributed by atoms with E-state index in [1.165, 1.54) is 25.7 Å². The first-order chi connectivity index (χ1) is 15.2. The summed E-state index contributed by atoms with van der Waals surface area (Å²) in [5.41, 5.74) is 7.90. The van der Waals surface area contributed by atoms with E-state index >= 15 is 0 Å². The first-order valence-corrected chi connectivity index (χ1v) is 12.4. The molecule has 0 radical (unpaired) electrons. The lowest BCUT2D eigenvalue weighted by Gasteiger charge is -2.26. The number of hydrogen-bond acceptors (Lipinski definition) is 7. The Morgan fingerprint density at radius 1 is 1.03 bits per heavy atom. The number of anilines is 2. The molecule has 33 heavy (non-hydrogen) atoms. The molecule has 2 fully saturated rings. The zero-order chi connectivity index (χ0) is 21.6. The summed E-state index contributed by atoms with van der Waals surface area (Å²) in [6.45, 7) is 8.70. The summed E-state index contributed by atoms with van der Waals surface area (Å²) in [6.07, 6.45) is 12.3. The Balaban J connectivity index is 0.00000193. The van der Waals surface area contributed by atoms with Crippen LogP contribution in [-0.4, -0.2) is 62.7 Å². The Hall–Kier alpha value is -1.35. The maximum atomic E-state index is 6.06. The molecule has 2 heterocycles. The van der Waals surface area contributed by atoms with E-state index in [4.69, 9.17) is 15.7 Å². The van der Waals surface area contributed by atoms with Crippen LogP contribution in [-0.2, 0) is 0 Å². The lowest BCUT2D eigenvalue weighted by Crippen LogP contribution is -2.33. The molecule has 0 bridgehead atoms.